The number of aryl methyl sites for hydroxylation is 1. The van der Waals surface area contributed by atoms with Crippen molar-refractivity contribution in [3.63, 3.8) is 0 Å². The summed E-state index contributed by atoms with van der Waals surface area (Å²) in [6, 6.07) is 9.70. The maximum atomic E-state index is 13.3. The summed E-state index contributed by atoms with van der Waals surface area (Å²) in [4.78, 5) is 20.8. The first-order chi connectivity index (χ1) is 14.5. The Hall–Kier alpha value is -1.72. The van der Waals surface area contributed by atoms with Gasteiger partial charge in [0.1, 0.15) is 5.69 Å². The van der Waals surface area contributed by atoms with Gasteiger partial charge >= 0.3 is 0 Å². The van der Waals surface area contributed by atoms with E-state index in [4.69, 9.17) is 10.7 Å². The molecule has 2 N–H and O–H groups in total. The Morgan fingerprint density at radius 2 is 1.73 bits per heavy atom. The first-order valence-electron chi connectivity index (χ1n) is 12.1. The predicted molar refractivity (Wildman–Crippen MR) is 124 cm³/mol. The number of para-hydroxylation sites is 2. The van der Waals surface area contributed by atoms with Gasteiger partial charge in [0.2, 0.25) is 0 Å². The molecule has 2 heterocycles. The van der Waals surface area contributed by atoms with E-state index in [-0.39, 0.29) is 17.5 Å². The highest BCUT2D eigenvalue weighted by Crippen LogP contribution is 2.31. The Balaban J connectivity index is 1.43. The molecule has 1 aliphatic heterocycles. The van der Waals surface area contributed by atoms with E-state index in [1.165, 1.54) is 32.2 Å². The molecule has 0 radical (unpaired) electrons. The Kier molecular flexibility index (Phi) is 6.89. The molecular formula is C25H38N4O. The van der Waals surface area contributed by atoms with Crippen LogP contribution in [0.15, 0.2) is 29.1 Å². The molecule has 5 nitrogen and oxygen atoms in total. The summed E-state index contributed by atoms with van der Waals surface area (Å²) >= 11 is 0. The highest BCUT2D eigenvalue weighted by molar-refractivity contribution is 5.74. The van der Waals surface area contributed by atoms with E-state index in [9.17, 15) is 4.79 Å². The minimum absolute atomic E-state index is 0.103. The number of nitrogens with zero attached hydrogens (tertiary/aromatic N) is 3. The van der Waals surface area contributed by atoms with Crippen LogP contribution in [0.5, 0.6) is 0 Å². The lowest BCUT2D eigenvalue weighted by molar-refractivity contribution is 0.101. The van der Waals surface area contributed by atoms with Crippen LogP contribution < -0.4 is 11.3 Å². The average Bonchev–Trinajstić information content (AvgIpc) is 3.16. The molecule has 2 aliphatic rings. The quantitative estimate of drug-likeness (QED) is 0.686. The van der Waals surface area contributed by atoms with Gasteiger partial charge in [-0.1, -0.05) is 25.0 Å². The highest BCUT2D eigenvalue weighted by Gasteiger charge is 2.28. The molecule has 1 saturated heterocycles. The van der Waals surface area contributed by atoms with Gasteiger partial charge in [0.05, 0.1) is 11.0 Å². The van der Waals surface area contributed by atoms with Gasteiger partial charge in [-0.3, -0.25) is 9.69 Å². The van der Waals surface area contributed by atoms with Gasteiger partial charge < -0.3 is 10.3 Å². The van der Waals surface area contributed by atoms with Crippen molar-refractivity contribution in [2.75, 3.05) is 6.54 Å². The molecule has 30 heavy (non-hydrogen) atoms. The van der Waals surface area contributed by atoms with Crippen molar-refractivity contribution in [2.24, 2.45) is 5.73 Å². The summed E-state index contributed by atoms with van der Waals surface area (Å²) in [6.07, 6.45) is 10.3. The van der Waals surface area contributed by atoms with Crippen molar-refractivity contribution >= 4 is 11.0 Å². The fourth-order valence-electron chi connectivity index (χ4n) is 5.62. The standard InChI is InChI=1S/C25H38N4O/c1-18-9-8-10-19(2)28(18)15-6-3-7-16-29-23-12-5-4-11-22(23)27-24(25(29)30)20-13-14-21(26)17-20/h4-5,11-12,18-21H,3,6-10,13-17,26H2,1-2H3. The molecule has 2 aromatic rings. The number of unbranched alkanes of at least 4 members (excludes halogenated alkanes) is 2. The SMILES string of the molecule is CC1CCCC(C)N1CCCCCn1c(=O)c(C2CCC(N)C2)nc2ccccc21. The van der Waals surface area contributed by atoms with Crippen LogP contribution in [0.25, 0.3) is 11.0 Å². The molecule has 0 amide bonds. The van der Waals surface area contributed by atoms with Gasteiger partial charge in [0.15, 0.2) is 0 Å². The van der Waals surface area contributed by atoms with E-state index >= 15 is 0 Å². The second-order valence-corrected chi connectivity index (χ2v) is 9.64. The maximum absolute atomic E-state index is 13.3. The van der Waals surface area contributed by atoms with Crippen molar-refractivity contribution < 1.29 is 0 Å². The van der Waals surface area contributed by atoms with E-state index in [0.29, 0.717) is 12.1 Å². The first kappa shape index (κ1) is 21.5. The summed E-state index contributed by atoms with van der Waals surface area (Å²) in [6.45, 7) is 6.70. The molecular weight excluding hydrogens is 372 g/mol. The minimum Gasteiger partial charge on any atom is -0.328 e. The van der Waals surface area contributed by atoms with Crippen LogP contribution in [0, 0.1) is 0 Å². The van der Waals surface area contributed by atoms with Gasteiger partial charge in [0.25, 0.3) is 5.56 Å². The zero-order valence-electron chi connectivity index (χ0n) is 18.7. The van der Waals surface area contributed by atoms with Crippen LogP contribution in [0.3, 0.4) is 0 Å². The number of rotatable bonds is 7. The summed E-state index contributed by atoms with van der Waals surface area (Å²) in [7, 11) is 0. The molecule has 4 atom stereocenters. The number of aromatic nitrogens is 2. The Labute approximate surface area is 180 Å². The number of fused-ring (bicyclic) bond motifs is 1. The second kappa shape index (κ2) is 9.61. The van der Waals surface area contributed by atoms with Crippen LogP contribution >= 0.6 is 0 Å². The number of piperidine rings is 1. The van der Waals surface area contributed by atoms with Crippen molar-refractivity contribution in [1.29, 1.82) is 0 Å². The molecule has 1 saturated carbocycles. The average molecular weight is 411 g/mol. The third-order valence-corrected chi connectivity index (χ3v) is 7.41. The lowest BCUT2D eigenvalue weighted by Crippen LogP contribution is -2.44. The molecule has 164 valence electrons. The molecule has 1 aromatic carbocycles. The van der Waals surface area contributed by atoms with Gasteiger partial charge in [-0.2, -0.15) is 0 Å². The molecule has 0 bridgehead atoms. The van der Waals surface area contributed by atoms with Crippen molar-refractivity contribution in [3.8, 4) is 0 Å². The highest BCUT2D eigenvalue weighted by atomic mass is 16.1. The van der Waals surface area contributed by atoms with Crippen LogP contribution in [0.4, 0.5) is 0 Å². The molecule has 1 aromatic heterocycles. The normalized spacial score (nSPS) is 27.7. The van der Waals surface area contributed by atoms with Crippen LogP contribution in [0.1, 0.15) is 83.2 Å². The zero-order chi connectivity index (χ0) is 21.1. The Morgan fingerprint density at radius 3 is 2.47 bits per heavy atom. The van der Waals surface area contributed by atoms with E-state index in [2.05, 4.69) is 18.7 Å². The van der Waals surface area contributed by atoms with Crippen molar-refractivity contribution in [3.05, 3.63) is 40.3 Å². The van der Waals surface area contributed by atoms with E-state index < -0.39 is 0 Å². The van der Waals surface area contributed by atoms with Gasteiger partial charge in [-0.15, -0.1) is 0 Å². The second-order valence-electron chi connectivity index (χ2n) is 9.64. The van der Waals surface area contributed by atoms with Crippen molar-refractivity contribution in [1.82, 2.24) is 14.5 Å². The summed E-state index contributed by atoms with van der Waals surface area (Å²) in [5, 5.41) is 0. The van der Waals surface area contributed by atoms with Gasteiger partial charge in [-0.05, 0) is 77.5 Å². The van der Waals surface area contributed by atoms with Gasteiger partial charge in [-0.25, -0.2) is 4.98 Å². The molecule has 4 unspecified atom stereocenters. The fourth-order valence-corrected chi connectivity index (χ4v) is 5.62. The van der Waals surface area contributed by atoms with Crippen LogP contribution in [-0.4, -0.2) is 39.1 Å². The van der Waals surface area contributed by atoms with E-state index in [1.54, 1.807) is 0 Å². The van der Waals surface area contributed by atoms with Gasteiger partial charge in [0, 0.05) is 30.6 Å². The number of nitrogens with two attached hydrogens (primary N) is 1. The van der Waals surface area contributed by atoms with Crippen molar-refractivity contribution in [2.45, 2.75) is 102 Å². The minimum atomic E-state index is 0.103. The number of benzene rings is 1. The predicted octanol–water partition coefficient (Wildman–Crippen LogP) is 4.42. The maximum Gasteiger partial charge on any atom is 0.273 e. The summed E-state index contributed by atoms with van der Waals surface area (Å²) in [5.74, 6) is 0.213. The topological polar surface area (TPSA) is 64.2 Å². The Bertz CT molecular complexity index is 898. The first-order valence-corrected chi connectivity index (χ1v) is 12.1. The van der Waals surface area contributed by atoms with Crippen LogP contribution in [-0.2, 0) is 6.54 Å². The number of hydrogen-bond donors (Lipinski definition) is 1. The number of likely N-dealkylation sites (tertiary alicyclic amines) is 1. The fraction of sp³-hybridized carbons (Fsp3) is 0.680. The monoisotopic (exact) mass is 410 g/mol. The lowest BCUT2D eigenvalue weighted by atomic mass is 9.97. The third-order valence-electron chi connectivity index (χ3n) is 7.41. The van der Waals surface area contributed by atoms with E-state index in [1.807, 2.05) is 28.8 Å². The summed E-state index contributed by atoms with van der Waals surface area (Å²) in [5.41, 5.74) is 8.85. The van der Waals surface area contributed by atoms with Crippen LogP contribution in [0.2, 0.25) is 0 Å². The lowest BCUT2D eigenvalue weighted by Gasteiger charge is -2.39. The Morgan fingerprint density at radius 1 is 1.00 bits per heavy atom. The zero-order valence-corrected chi connectivity index (χ0v) is 18.7. The molecule has 2 fully saturated rings. The largest absolute Gasteiger partial charge is 0.328 e. The molecule has 5 heteroatoms. The molecule has 0 spiro atoms. The number of hydrogen-bond acceptors (Lipinski definition) is 4. The van der Waals surface area contributed by atoms with E-state index in [0.717, 1.165) is 55.4 Å². The summed E-state index contributed by atoms with van der Waals surface area (Å²) < 4.78 is 1.98. The smallest absolute Gasteiger partial charge is 0.273 e. The molecule has 1 aliphatic carbocycles. The molecule has 4 rings (SSSR count). The third kappa shape index (κ3) is 4.62.